The lowest BCUT2D eigenvalue weighted by Crippen LogP contribution is -2.38. The summed E-state index contributed by atoms with van der Waals surface area (Å²) in [5, 5.41) is 1.96. The van der Waals surface area contributed by atoms with Crippen molar-refractivity contribution in [2.45, 2.75) is 18.8 Å². The molecule has 1 saturated heterocycles. The molecule has 4 nitrogen and oxygen atoms in total. The topological polar surface area (TPSA) is 37.6 Å². The van der Waals surface area contributed by atoms with E-state index in [-0.39, 0.29) is 5.91 Å². The van der Waals surface area contributed by atoms with Crippen molar-refractivity contribution in [3.63, 3.8) is 0 Å². The number of hydrogen-bond acceptors (Lipinski definition) is 3. The summed E-state index contributed by atoms with van der Waals surface area (Å²) in [5.74, 6) is 0.661. The fraction of sp³-hybridized carbons (Fsp3) is 0.294. The van der Waals surface area contributed by atoms with Crippen molar-refractivity contribution >= 4 is 22.2 Å². The van der Waals surface area contributed by atoms with Gasteiger partial charge in [-0.25, -0.2) is 4.98 Å². The summed E-state index contributed by atoms with van der Waals surface area (Å²) < 4.78 is 1.89. The van der Waals surface area contributed by atoms with E-state index in [1.54, 1.807) is 17.5 Å². The average molecular weight is 311 g/mol. The predicted octanol–water partition coefficient (Wildman–Crippen LogP) is 3.42. The number of rotatable bonds is 2. The molecule has 0 N–H and O–H groups in total. The van der Waals surface area contributed by atoms with E-state index in [0.717, 1.165) is 30.9 Å². The third-order valence-electron chi connectivity index (χ3n) is 4.42. The first-order valence-corrected chi connectivity index (χ1v) is 8.45. The fourth-order valence-electron chi connectivity index (χ4n) is 3.19. The SMILES string of the molecule is O=C(c1cnc2sccn12)N1CCC(c2ccccc2)CC1. The molecule has 0 unspecified atom stereocenters. The van der Waals surface area contributed by atoms with E-state index in [0.29, 0.717) is 11.6 Å². The van der Waals surface area contributed by atoms with Crippen molar-refractivity contribution in [3.8, 4) is 0 Å². The molecule has 0 radical (unpaired) electrons. The maximum absolute atomic E-state index is 12.7. The van der Waals surface area contributed by atoms with Crippen LogP contribution in [0.4, 0.5) is 0 Å². The number of carbonyl (C=O) groups excluding carboxylic acids is 1. The molecule has 1 fully saturated rings. The number of piperidine rings is 1. The molecule has 22 heavy (non-hydrogen) atoms. The van der Waals surface area contributed by atoms with Crippen LogP contribution in [0.15, 0.2) is 48.1 Å². The molecule has 4 rings (SSSR count). The Morgan fingerprint density at radius 3 is 2.73 bits per heavy atom. The van der Waals surface area contributed by atoms with Crippen molar-refractivity contribution < 1.29 is 4.79 Å². The Kier molecular flexibility index (Phi) is 3.42. The van der Waals surface area contributed by atoms with Gasteiger partial charge in [-0.1, -0.05) is 30.3 Å². The summed E-state index contributed by atoms with van der Waals surface area (Å²) in [6.45, 7) is 1.63. The van der Waals surface area contributed by atoms with Crippen LogP contribution in [-0.4, -0.2) is 33.3 Å². The van der Waals surface area contributed by atoms with E-state index in [1.165, 1.54) is 5.56 Å². The molecular formula is C17H17N3OS. The van der Waals surface area contributed by atoms with Crippen LogP contribution in [0.25, 0.3) is 4.96 Å². The first kappa shape index (κ1) is 13.5. The molecule has 3 aromatic rings. The minimum atomic E-state index is 0.0948. The molecule has 2 aromatic heterocycles. The number of thiazole rings is 1. The second kappa shape index (κ2) is 5.57. The fourth-order valence-corrected chi connectivity index (χ4v) is 3.88. The lowest BCUT2D eigenvalue weighted by Gasteiger charge is -2.32. The van der Waals surface area contributed by atoms with E-state index < -0.39 is 0 Å². The van der Waals surface area contributed by atoms with Gasteiger partial charge in [0.25, 0.3) is 5.91 Å². The number of fused-ring (bicyclic) bond motifs is 1. The van der Waals surface area contributed by atoms with Crippen LogP contribution in [-0.2, 0) is 0 Å². The Morgan fingerprint density at radius 2 is 1.95 bits per heavy atom. The third-order valence-corrected chi connectivity index (χ3v) is 5.19. The van der Waals surface area contributed by atoms with Gasteiger partial charge in [-0.05, 0) is 24.3 Å². The van der Waals surface area contributed by atoms with Gasteiger partial charge in [0.2, 0.25) is 0 Å². The van der Waals surface area contributed by atoms with Gasteiger partial charge in [0.1, 0.15) is 5.69 Å². The number of benzene rings is 1. The molecule has 0 saturated carbocycles. The summed E-state index contributed by atoms with van der Waals surface area (Å²) in [6, 6.07) is 10.6. The van der Waals surface area contributed by atoms with E-state index in [9.17, 15) is 4.79 Å². The lowest BCUT2D eigenvalue weighted by atomic mass is 9.89. The van der Waals surface area contributed by atoms with Crippen LogP contribution < -0.4 is 0 Å². The quantitative estimate of drug-likeness (QED) is 0.727. The zero-order valence-corrected chi connectivity index (χ0v) is 13.0. The third kappa shape index (κ3) is 2.31. The van der Waals surface area contributed by atoms with Crippen molar-refractivity contribution in [3.05, 3.63) is 59.4 Å². The van der Waals surface area contributed by atoms with Crippen LogP contribution in [0.2, 0.25) is 0 Å². The number of nitrogens with zero attached hydrogens (tertiary/aromatic N) is 3. The Labute approximate surface area is 133 Å². The van der Waals surface area contributed by atoms with E-state index >= 15 is 0 Å². The molecule has 0 spiro atoms. The highest BCUT2D eigenvalue weighted by Gasteiger charge is 2.26. The highest BCUT2D eigenvalue weighted by atomic mass is 32.1. The van der Waals surface area contributed by atoms with Crippen LogP contribution in [0.1, 0.15) is 34.8 Å². The van der Waals surface area contributed by atoms with Crippen LogP contribution in [0, 0.1) is 0 Å². The zero-order chi connectivity index (χ0) is 14.9. The average Bonchev–Trinajstić information content (AvgIpc) is 3.18. The zero-order valence-electron chi connectivity index (χ0n) is 12.2. The highest BCUT2D eigenvalue weighted by molar-refractivity contribution is 7.15. The molecule has 1 aliphatic rings. The number of imidazole rings is 1. The molecule has 1 aromatic carbocycles. The molecule has 0 bridgehead atoms. The van der Waals surface area contributed by atoms with Gasteiger partial charge < -0.3 is 4.90 Å². The Hall–Kier alpha value is -2.14. The van der Waals surface area contributed by atoms with Crippen LogP contribution >= 0.6 is 11.3 Å². The van der Waals surface area contributed by atoms with Crippen molar-refractivity contribution in [2.24, 2.45) is 0 Å². The number of carbonyl (C=O) groups is 1. The number of aromatic nitrogens is 2. The predicted molar refractivity (Wildman–Crippen MR) is 87.4 cm³/mol. The normalized spacial score (nSPS) is 16.3. The van der Waals surface area contributed by atoms with E-state index in [2.05, 4.69) is 29.2 Å². The summed E-state index contributed by atoms with van der Waals surface area (Å²) in [4.78, 5) is 19.8. The largest absolute Gasteiger partial charge is 0.337 e. The first-order chi connectivity index (χ1) is 10.8. The Morgan fingerprint density at radius 1 is 1.18 bits per heavy atom. The number of hydrogen-bond donors (Lipinski definition) is 0. The second-order valence-electron chi connectivity index (χ2n) is 5.68. The van der Waals surface area contributed by atoms with Crippen LogP contribution in [0.5, 0.6) is 0 Å². The van der Waals surface area contributed by atoms with E-state index in [1.807, 2.05) is 26.9 Å². The van der Waals surface area contributed by atoms with Crippen molar-refractivity contribution in [1.82, 2.24) is 14.3 Å². The molecular weight excluding hydrogens is 294 g/mol. The molecule has 5 heteroatoms. The van der Waals surface area contributed by atoms with Gasteiger partial charge in [0.05, 0.1) is 6.20 Å². The van der Waals surface area contributed by atoms with Gasteiger partial charge in [0.15, 0.2) is 4.96 Å². The van der Waals surface area contributed by atoms with Gasteiger partial charge in [-0.3, -0.25) is 9.20 Å². The lowest BCUT2D eigenvalue weighted by molar-refractivity contribution is 0.0706. The van der Waals surface area contributed by atoms with Gasteiger partial charge in [-0.15, -0.1) is 11.3 Å². The van der Waals surface area contributed by atoms with Gasteiger partial charge >= 0.3 is 0 Å². The number of amides is 1. The summed E-state index contributed by atoms with van der Waals surface area (Å²) in [6.07, 6.45) is 5.66. The van der Waals surface area contributed by atoms with E-state index in [4.69, 9.17) is 0 Å². The second-order valence-corrected chi connectivity index (χ2v) is 6.55. The monoisotopic (exact) mass is 311 g/mol. The molecule has 0 atom stereocenters. The van der Waals surface area contributed by atoms with Crippen molar-refractivity contribution in [1.29, 1.82) is 0 Å². The first-order valence-electron chi connectivity index (χ1n) is 7.58. The van der Waals surface area contributed by atoms with Crippen molar-refractivity contribution in [2.75, 3.05) is 13.1 Å². The van der Waals surface area contributed by atoms with Gasteiger partial charge in [0, 0.05) is 24.7 Å². The Balaban J connectivity index is 1.47. The number of likely N-dealkylation sites (tertiary alicyclic amines) is 1. The molecule has 1 aliphatic heterocycles. The Bertz CT molecular complexity index is 784. The summed E-state index contributed by atoms with van der Waals surface area (Å²) >= 11 is 1.55. The minimum Gasteiger partial charge on any atom is -0.337 e. The molecule has 3 heterocycles. The highest BCUT2D eigenvalue weighted by Crippen LogP contribution is 2.28. The molecule has 112 valence electrons. The summed E-state index contributed by atoms with van der Waals surface area (Å²) in [7, 11) is 0. The standard InChI is InChI=1S/C17H17N3OS/c21-16(15-12-18-17-20(15)10-11-22-17)19-8-6-14(7-9-19)13-4-2-1-3-5-13/h1-5,10-12,14H,6-9H2. The minimum absolute atomic E-state index is 0.0948. The van der Waals surface area contributed by atoms with Crippen LogP contribution in [0.3, 0.4) is 0 Å². The van der Waals surface area contributed by atoms with Gasteiger partial charge in [-0.2, -0.15) is 0 Å². The maximum atomic E-state index is 12.7. The molecule has 0 aliphatic carbocycles. The maximum Gasteiger partial charge on any atom is 0.272 e. The molecule has 1 amide bonds. The summed E-state index contributed by atoms with van der Waals surface area (Å²) in [5.41, 5.74) is 2.06. The smallest absolute Gasteiger partial charge is 0.272 e.